The minimum Gasteiger partial charge on any atom is -0.473 e. The quantitative estimate of drug-likeness (QED) is 0.733. The SMILES string of the molecule is Cc1cc(F)ccc1S(=O)(=O)N1CCC(Oc2cc(C(F)(F)F)ccn2)C1. The van der Waals surface area contributed by atoms with E-state index in [1.54, 1.807) is 0 Å². The van der Waals surface area contributed by atoms with Gasteiger partial charge in [-0.25, -0.2) is 17.8 Å². The van der Waals surface area contributed by atoms with Gasteiger partial charge in [-0.15, -0.1) is 0 Å². The van der Waals surface area contributed by atoms with Gasteiger partial charge in [-0.1, -0.05) is 0 Å². The third kappa shape index (κ3) is 4.22. The van der Waals surface area contributed by atoms with Crippen LogP contribution in [0.1, 0.15) is 17.5 Å². The fourth-order valence-electron chi connectivity index (χ4n) is 2.87. The predicted octanol–water partition coefficient (Wildman–Crippen LogP) is 3.39. The van der Waals surface area contributed by atoms with E-state index >= 15 is 0 Å². The monoisotopic (exact) mass is 404 g/mol. The van der Waals surface area contributed by atoms with Crippen molar-refractivity contribution in [2.75, 3.05) is 13.1 Å². The van der Waals surface area contributed by atoms with Crippen LogP contribution in [0.5, 0.6) is 5.88 Å². The fourth-order valence-corrected chi connectivity index (χ4v) is 4.57. The molecule has 3 rings (SSSR count). The highest BCUT2D eigenvalue weighted by atomic mass is 32.2. The zero-order chi connectivity index (χ0) is 19.8. The predicted molar refractivity (Wildman–Crippen MR) is 88.2 cm³/mol. The maximum absolute atomic E-state index is 13.2. The Labute approximate surface area is 153 Å². The number of halogens is 4. The highest BCUT2D eigenvalue weighted by Crippen LogP contribution is 2.31. The van der Waals surface area contributed by atoms with Gasteiger partial charge in [0.05, 0.1) is 17.0 Å². The molecule has 0 aliphatic carbocycles. The second-order valence-electron chi connectivity index (χ2n) is 6.18. The van der Waals surface area contributed by atoms with E-state index in [0.29, 0.717) is 6.42 Å². The van der Waals surface area contributed by atoms with Crippen molar-refractivity contribution in [1.82, 2.24) is 9.29 Å². The van der Waals surface area contributed by atoms with Crippen LogP contribution in [0, 0.1) is 12.7 Å². The van der Waals surface area contributed by atoms with Crippen LogP contribution in [0.4, 0.5) is 17.6 Å². The Morgan fingerprint density at radius 1 is 1.22 bits per heavy atom. The van der Waals surface area contributed by atoms with Crippen molar-refractivity contribution < 1.29 is 30.7 Å². The van der Waals surface area contributed by atoms with Crippen molar-refractivity contribution in [3.05, 3.63) is 53.5 Å². The average Bonchev–Trinajstić information content (AvgIpc) is 3.03. The van der Waals surface area contributed by atoms with E-state index in [1.807, 2.05) is 0 Å². The third-order valence-corrected chi connectivity index (χ3v) is 6.24. The van der Waals surface area contributed by atoms with Crippen molar-refractivity contribution in [3.8, 4) is 5.88 Å². The Balaban J connectivity index is 1.73. The Kier molecular flexibility index (Phi) is 5.13. The molecule has 2 aromatic rings. The number of pyridine rings is 1. The molecule has 0 radical (unpaired) electrons. The van der Waals surface area contributed by atoms with Gasteiger partial charge in [-0.3, -0.25) is 0 Å². The maximum atomic E-state index is 13.2. The van der Waals surface area contributed by atoms with Crippen molar-refractivity contribution >= 4 is 10.0 Å². The van der Waals surface area contributed by atoms with E-state index in [-0.39, 0.29) is 29.4 Å². The molecule has 1 aliphatic heterocycles. The summed E-state index contributed by atoms with van der Waals surface area (Å²) >= 11 is 0. The summed E-state index contributed by atoms with van der Waals surface area (Å²) in [5.74, 6) is -0.753. The number of hydrogen-bond donors (Lipinski definition) is 0. The Morgan fingerprint density at radius 2 is 1.96 bits per heavy atom. The molecule has 0 amide bonds. The van der Waals surface area contributed by atoms with Crippen LogP contribution in [0.15, 0.2) is 41.4 Å². The lowest BCUT2D eigenvalue weighted by Crippen LogP contribution is -2.31. The summed E-state index contributed by atoms with van der Waals surface area (Å²) in [5, 5.41) is 0. The topological polar surface area (TPSA) is 59.5 Å². The standard InChI is InChI=1S/C17H16F4N2O3S/c1-11-8-13(18)2-3-15(11)27(24,25)23-7-5-14(10-23)26-16-9-12(4-6-22-16)17(19,20)21/h2-4,6,8-9,14H,5,7,10H2,1H3. The molecule has 0 saturated carbocycles. The zero-order valence-corrected chi connectivity index (χ0v) is 15.0. The summed E-state index contributed by atoms with van der Waals surface area (Å²) < 4.78 is 83.6. The number of benzene rings is 1. The van der Waals surface area contributed by atoms with Gasteiger partial charge in [0, 0.05) is 18.8 Å². The molecule has 27 heavy (non-hydrogen) atoms. The molecule has 0 bridgehead atoms. The molecule has 1 unspecified atom stereocenters. The molecular formula is C17H16F4N2O3S. The summed E-state index contributed by atoms with van der Waals surface area (Å²) in [6.45, 7) is 1.60. The van der Waals surface area contributed by atoms with Gasteiger partial charge < -0.3 is 4.74 Å². The number of sulfonamides is 1. The summed E-state index contributed by atoms with van der Waals surface area (Å²) in [6.07, 6.45) is -3.86. The molecule has 2 heterocycles. The third-order valence-electron chi connectivity index (χ3n) is 4.21. The van der Waals surface area contributed by atoms with Crippen LogP contribution in [-0.4, -0.2) is 36.9 Å². The molecule has 1 fully saturated rings. The molecular weight excluding hydrogens is 388 g/mol. The molecule has 146 valence electrons. The van der Waals surface area contributed by atoms with Gasteiger partial charge in [0.15, 0.2) is 0 Å². The number of ether oxygens (including phenoxy) is 1. The Hall–Kier alpha value is -2.20. The molecule has 1 aliphatic rings. The first-order valence-corrected chi connectivity index (χ1v) is 9.47. The fraction of sp³-hybridized carbons (Fsp3) is 0.353. The van der Waals surface area contributed by atoms with Crippen molar-refractivity contribution in [1.29, 1.82) is 0 Å². The Bertz CT molecular complexity index is 947. The number of hydrogen-bond acceptors (Lipinski definition) is 4. The second-order valence-corrected chi connectivity index (χ2v) is 8.09. The van der Waals surface area contributed by atoms with Gasteiger partial charge in [0.1, 0.15) is 11.9 Å². The summed E-state index contributed by atoms with van der Waals surface area (Å²) in [4.78, 5) is 3.74. The normalized spacial score (nSPS) is 18.6. The Morgan fingerprint density at radius 3 is 2.63 bits per heavy atom. The maximum Gasteiger partial charge on any atom is 0.416 e. The molecule has 1 aromatic heterocycles. The van der Waals surface area contributed by atoms with E-state index in [9.17, 15) is 26.0 Å². The number of nitrogens with zero attached hydrogens (tertiary/aromatic N) is 2. The number of alkyl halides is 3. The van der Waals surface area contributed by atoms with Crippen LogP contribution in [0.3, 0.4) is 0 Å². The van der Waals surface area contributed by atoms with Crippen molar-refractivity contribution in [2.24, 2.45) is 0 Å². The molecule has 0 spiro atoms. The first kappa shape index (κ1) is 19.6. The molecule has 1 saturated heterocycles. The van der Waals surface area contributed by atoms with E-state index < -0.39 is 33.7 Å². The minimum atomic E-state index is -4.52. The lowest BCUT2D eigenvalue weighted by atomic mass is 10.2. The van der Waals surface area contributed by atoms with Crippen LogP contribution in [-0.2, 0) is 16.2 Å². The van der Waals surface area contributed by atoms with Crippen molar-refractivity contribution in [3.63, 3.8) is 0 Å². The van der Waals surface area contributed by atoms with Gasteiger partial charge in [-0.2, -0.15) is 17.5 Å². The first-order chi connectivity index (χ1) is 12.6. The first-order valence-electron chi connectivity index (χ1n) is 8.03. The van der Waals surface area contributed by atoms with Gasteiger partial charge >= 0.3 is 6.18 Å². The molecule has 5 nitrogen and oxygen atoms in total. The van der Waals surface area contributed by atoms with Crippen LogP contribution >= 0.6 is 0 Å². The molecule has 0 N–H and O–H groups in total. The van der Waals surface area contributed by atoms with E-state index in [2.05, 4.69) is 4.98 Å². The van der Waals surface area contributed by atoms with Gasteiger partial charge in [-0.05, 0) is 43.2 Å². The van der Waals surface area contributed by atoms with Crippen LogP contribution in [0.2, 0.25) is 0 Å². The number of rotatable bonds is 4. The zero-order valence-electron chi connectivity index (χ0n) is 14.2. The van der Waals surface area contributed by atoms with E-state index in [1.165, 1.54) is 17.3 Å². The van der Waals surface area contributed by atoms with Gasteiger partial charge in [0.2, 0.25) is 15.9 Å². The summed E-state index contributed by atoms with van der Waals surface area (Å²) in [5.41, 5.74) is -0.615. The summed E-state index contributed by atoms with van der Waals surface area (Å²) in [6, 6.07) is 5.00. The highest BCUT2D eigenvalue weighted by Gasteiger charge is 2.35. The number of aromatic nitrogens is 1. The van der Waals surface area contributed by atoms with Crippen LogP contribution in [0.25, 0.3) is 0 Å². The lowest BCUT2D eigenvalue weighted by molar-refractivity contribution is -0.137. The molecule has 1 aromatic carbocycles. The van der Waals surface area contributed by atoms with E-state index in [4.69, 9.17) is 4.74 Å². The minimum absolute atomic E-state index is 0.0123. The largest absolute Gasteiger partial charge is 0.473 e. The summed E-state index contributed by atoms with van der Waals surface area (Å²) in [7, 11) is -3.86. The highest BCUT2D eigenvalue weighted by molar-refractivity contribution is 7.89. The van der Waals surface area contributed by atoms with E-state index in [0.717, 1.165) is 30.5 Å². The van der Waals surface area contributed by atoms with Gasteiger partial charge in [0.25, 0.3) is 0 Å². The number of aryl methyl sites for hydroxylation is 1. The van der Waals surface area contributed by atoms with Crippen molar-refractivity contribution in [2.45, 2.75) is 30.5 Å². The second kappa shape index (κ2) is 7.08. The lowest BCUT2D eigenvalue weighted by Gasteiger charge is -2.18. The average molecular weight is 404 g/mol. The molecule has 10 heteroatoms. The molecule has 1 atom stereocenters. The smallest absolute Gasteiger partial charge is 0.416 e. The van der Waals surface area contributed by atoms with Crippen LogP contribution < -0.4 is 4.74 Å².